The molecule has 1 aliphatic carbocycles. The van der Waals surface area contributed by atoms with Crippen molar-refractivity contribution in [2.75, 3.05) is 7.05 Å². The second-order valence-corrected chi connectivity index (χ2v) is 5.59. The van der Waals surface area contributed by atoms with E-state index in [-0.39, 0.29) is 0 Å². The minimum atomic E-state index is -0.607. The SMILES string of the molecule is CNC(CC1CCC1)c1ccc2[nH]c(=O)c(=O)[nH]c2c1. The molecule has 3 N–H and O–H groups in total. The topological polar surface area (TPSA) is 77.8 Å². The third-order valence-electron chi connectivity index (χ3n) is 4.29. The van der Waals surface area contributed by atoms with Crippen molar-refractivity contribution in [3.8, 4) is 0 Å². The Kier molecular flexibility index (Phi) is 3.44. The van der Waals surface area contributed by atoms with E-state index in [0.717, 1.165) is 17.9 Å². The summed E-state index contributed by atoms with van der Waals surface area (Å²) in [5.41, 5.74) is 1.28. The first-order valence-corrected chi connectivity index (χ1v) is 7.11. The van der Waals surface area contributed by atoms with Crippen molar-refractivity contribution in [2.24, 2.45) is 5.92 Å². The van der Waals surface area contributed by atoms with E-state index >= 15 is 0 Å². The molecule has 0 amide bonds. The second kappa shape index (κ2) is 5.25. The van der Waals surface area contributed by atoms with Crippen molar-refractivity contribution in [2.45, 2.75) is 31.7 Å². The number of benzene rings is 1. The van der Waals surface area contributed by atoms with Crippen molar-refractivity contribution in [3.63, 3.8) is 0 Å². The number of hydrogen-bond donors (Lipinski definition) is 3. The molecule has 3 rings (SSSR count). The molecular weight excluding hydrogens is 254 g/mol. The maximum Gasteiger partial charge on any atom is 0.314 e. The molecule has 0 bridgehead atoms. The second-order valence-electron chi connectivity index (χ2n) is 5.59. The summed E-state index contributed by atoms with van der Waals surface area (Å²) in [5.74, 6) is 0.803. The van der Waals surface area contributed by atoms with Crippen LogP contribution in [0.2, 0.25) is 0 Å². The van der Waals surface area contributed by atoms with Crippen LogP contribution in [0.3, 0.4) is 0 Å². The van der Waals surface area contributed by atoms with Crippen molar-refractivity contribution >= 4 is 11.0 Å². The van der Waals surface area contributed by atoms with Gasteiger partial charge in [0.1, 0.15) is 0 Å². The van der Waals surface area contributed by atoms with Crippen LogP contribution in [0.25, 0.3) is 11.0 Å². The highest BCUT2D eigenvalue weighted by molar-refractivity contribution is 5.74. The molecule has 0 radical (unpaired) electrons. The van der Waals surface area contributed by atoms with E-state index in [1.54, 1.807) is 0 Å². The lowest BCUT2D eigenvalue weighted by molar-refractivity contribution is 0.266. The van der Waals surface area contributed by atoms with Crippen LogP contribution in [0, 0.1) is 5.92 Å². The van der Waals surface area contributed by atoms with Gasteiger partial charge in [-0.1, -0.05) is 25.3 Å². The summed E-state index contributed by atoms with van der Waals surface area (Å²) < 4.78 is 0. The molecule has 5 heteroatoms. The van der Waals surface area contributed by atoms with Gasteiger partial charge in [0.25, 0.3) is 0 Å². The standard InChI is InChI=1S/C15H19N3O2/c1-16-12(7-9-3-2-4-9)10-5-6-11-13(8-10)18-15(20)14(19)17-11/h5-6,8-9,12,16H,2-4,7H2,1H3,(H,17,19)(H,18,20). The fraction of sp³-hybridized carbons (Fsp3) is 0.467. The molecule has 1 saturated carbocycles. The third kappa shape index (κ3) is 2.41. The first-order chi connectivity index (χ1) is 9.67. The van der Waals surface area contributed by atoms with Gasteiger partial charge in [-0.15, -0.1) is 0 Å². The molecule has 1 fully saturated rings. The quantitative estimate of drug-likeness (QED) is 0.741. The Morgan fingerprint density at radius 2 is 1.90 bits per heavy atom. The van der Waals surface area contributed by atoms with Gasteiger partial charge in [0.2, 0.25) is 0 Å². The Hall–Kier alpha value is -1.88. The lowest BCUT2D eigenvalue weighted by atomic mass is 9.79. The predicted molar refractivity (Wildman–Crippen MR) is 78.9 cm³/mol. The summed E-state index contributed by atoms with van der Waals surface area (Å²) in [6, 6.07) is 6.11. The predicted octanol–water partition coefficient (Wildman–Crippen LogP) is 1.67. The Bertz CT molecular complexity index is 728. The van der Waals surface area contributed by atoms with E-state index in [1.807, 2.05) is 25.2 Å². The Morgan fingerprint density at radius 3 is 2.50 bits per heavy atom. The fourth-order valence-electron chi connectivity index (χ4n) is 2.83. The monoisotopic (exact) mass is 273 g/mol. The molecule has 0 saturated heterocycles. The van der Waals surface area contributed by atoms with Crippen molar-refractivity contribution in [3.05, 3.63) is 44.5 Å². The van der Waals surface area contributed by atoms with Gasteiger partial charge in [-0.3, -0.25) is 9.59 Å². The molecule has 5 nitrogen and oxygen atoms in total. The summed E-state index contributed by atoms with van der Waals surface area (Å²) in [5, 5.41) is 3.34. The van der Waals surface area contributed by atoms with Crippen LogP contribution >= 0.6 is 0 Å². The van der Waals surface area contributed by atoms with Gasteiger partial charge in [-0.2, -0.15) is 0 Å². The van der Waals surface area contributed by atoms with Crippen LogP contribution in [0.1, 0.15) is 37.3 Å². The molecular formula is C15H19N3O2. The highest BCUT2D eigenvalue weighted by Gasteiger charge is 2.22. The number of aromatic amines is 2. The molecule has 1 unspecified atom stereocenters. The molecule has 106 valence electrons. The molecule has 1 aromatic carbocycles. The fourth-order valence-corrected chi connectivity index (χ4v) is 2.83. The van der Waals surface area contributed by atoms with Gasteiger partial charge >= 0.3 is 11.1 Å². The van der Waals surface area contributed by atoms with Gasteiger partial charge in [-0.25, -0.2) is 0 Å². The largest absolute Gasteiger partial charge is 0.316 e. The van der Waals surface area contributed by atoms with E-state index in [9.17, 15) is 9.59 Å². The average Bonchev–Trinajstić information content (AvgIpc) is 2.39. The third-order valence-corrected chi connectivity index (χ3v) is 4.29. The average molecular weight is 273 g/mol. The van der Waals surface area contributed by atoms with Crippen LogP contribution in [-0.2, 0) is 0 Å². The molecule has 2 aromatic rings. The molecule has 1 aliphatic rings. The van der Waals surface area contributed by atoms with Crippen LogP contribution in [-0.4, -0.2) is 17.0 Å². The summed E-state index contributed by atoms with van der Waals surface area (Å²) in [7, 11) is 1.96. The summed E-state index contributed by atoms with van der Waals surface area (Å²) in [6.45, 7) is 0. The summed E-state index contributed by atoms with van der Waals surface area (Å²) in [4.78, 5) is 27.9. The summed E-state index contributed by atoms with van der Waals surface area (Å²) in [6.07, 6.45) is 5.09. The van der Waals surface area contributed by atoms with Crippen LogP contribution in [0.4, 0.5) is 0 Å². The van der Waals surface area contributed by atoms with Gasteiger partial charge in [0.15, 0.2) is 0 Å². The van der Waals surface area contributed by atoms with E-state index < -0.39 is 11.1 Å². The number of nitrogens with one attached hydrogen (secondary N) is 3. The normalized spacial score (nSPS) is 17.1. The van der Waals surface area contributed by atoms with E-state index in [1.165, 1.54) is 19.3 Å². The Labute approximate surface area is 116 Å². The van der Waals surface area contributed by atoms with Crippen molar-refractivity contribution < 1.29 is 0 Å². The zero-order chi connectivity index (χ0) is 14.1. The number of aromatic nitrogens is 2. The Morgan fingerprint density at radius 1 is 1.20 bits per heavy atom. The number of hydrogen-bond acceptors (Lipinski definition) is 3. The van der Waals surface area contributed by atoms with E-state index in [4.69, 9.17) is 0 Å². The lowest BCUT2D eigenvalue weighted by Gasteiger charge is -2.29. The molecule has 1 aromatic heterocycles. The highest BCUT2D eigenvalue weighted by Crippen LogP contribution is 2.34. The van der Waals surface area contributed by atoms with Gasteiger partial charge in [-0.05, 0) is 37.1 Å². The maximum absolute atomic E-state index is 11.4. The van der Waals surface area contributed by atoms with Gasteiger partial charge < -0.3 is 15.3 Å². The van der Waals surface area contributed by atoms with Crippen molar-refractivity contribution in [1.29, 1.82) is 0 Å². The van der Waals surface area contributed by atoms with Crippen molar-refractivity contribution in [1.82, 2.24) is 15.3 Å². The van der Waals surface area contributed by atoms with Crippen LogP contribution in [0.5, 0.6) is 0 Å². The molecule has 1 atom stereocenters. The number of rotatable bonds is 4. The molecule has 0 spiro atoms. The van der Waals surface area contributed by atoms with Gasteiger partial charge in [0.05, 0.1) is 11.0 Å². The van der Waals surface area contributed by atoms with Gasteiger partial charge in [0, 0.05) is 6.04 Å². The summed E-state index contributed by atoms with van der Waals surface area (Å²) >= 11 is 0. The van der Waals surface area contributed by atoms with Crippen LogP contribution in [0.15, 0.2) is 27.8 Å². The molecule has 0 aliphatic heterocycles. The first kappa shape index (κ1) is 13.1. The van der Waals surface area contributed by atoms with Crippen LogP contribution < -0.4 is 16.4 Å². The minimum absolute atomic E-state index is 0.292. The Balaban J connectivity index is 1.95. The lowest BCUT2D eigenvalue weighted by Crippen LogP contribution is -2.29. The van der Waals surface area contributed by atoms with E-state index in [0.29, 0.717) is 17.1 Å². The number of H-pyrrole nitrogens is 2. The minimum Gasteiger partial charge on any atom is -0.316 e. The highest BCUT2D eigenvalue weighted by atomic mass is 16.2. The zero-order valence-electron chi connectivity index (χ0n) is 11.5. The van der Waals surface area contributed by atoms with E-state index in [2.05, 4.69) is 15.3 Å². The molecule has 20 heavy (non-hydrogen) atoms. The number of fused-ring (bicyclic) bond motifs is 1. The maximum atomic E-state index is 11.4. The zero-order valence-corrected chi connectivity index (χ0v) is 11.5. The smallest absolute Gasteiger partial charge is 0.314 e. The first-order valence-electron chi connectivity index (χ1n) is 7.11. The molecule has 1 heterocycles.